The Kier molecular flexibility index (Phi) is 3.07. The quantitative estimate of drug-likeness (QED) is 0.709. The van der Waals surface area contributed by atoms with Crippen molar-refractivity contribution in [2.75, 3.05) is 0 Å². The average molecular weight is 231 g/mol. The van der Waals surface area contributed by atoms with Gasteiger partial charge in [-0.2, -0.15) is 0 Å². The van der Waals surface area contributed by atoms with Crippen molar-refractivity contribution in [3.05, 3.63) is 58.6 Å². The highest BCUT2D eigenvalue weighted by Crippen LogP contribution is 2.25. The molecule has 0 aliphatic heterocycles. The van der Waals surface area contributed by atoms with E-state index in [2.05, 4.69) is 0 Å². The Labute approximate surface area is 99.7 Å². The van der Waals surface area contributed by atoms with Crippen molar-refractivity contribution < 1.29 is 4.79 Å². The summed E-state index contributed by atoms with van der Waals surface area (Å²) in [6, 6.07) is 13.4. The summed E-state index contributed by atoms with van der Waals surface area (Å²) in [6.45, 7) is 1.97. The van der Waals surface area contributed by atoms with Crippen LogP contribution < -0.4 is 0 Å². The van der Waals surface area contributed by atoms with E-state index < -0.39 is 0 Å². The van der Waals surface area contributed by atoms with Gasteiger partial charge in [-0.1, -0.05) is 41.9 Å². The lowest BCUT2D eigenvalue weighted by molar-refractivity contribution is 0.112. The van der Waals surface area contributed by atoms with Crippen LogP contribution in [0, 0.1) is 6.92 Å². The first-order valence-electron chi connectivity index (χ1n) is 5.02. The van der Waals surface area contributed by atoms with Crippen LogP contribution in [0.1, 0.15) is 15.9 Å². The minimum atomic E-state index is 0.675. The van der Waals surface area contributed by atoms with Crippen LogP contribution >= 0.6 is 11.6 Å². The van der Waals surface area contributed by atoms with E-state index in [1.54, 1.807) is 6.07 Å². The number of aryl methyl sites for hydroxylation is 1. The molecule has 0 fully saturated rings. The van der Waals surface area contributed by atoms with Crippen LogP contribution in [0.3, 0.4) is 0 Å². The first-order valence-corrected chi connectivity index (χ1v) is 5.40. The number of hydrogen-bond donors (Lipinski definition) is 0. The molecule has 0 N–H and O–H groups in total. The molecule has 0 saturated carbocycles. The van der Waals surface area contributed by atoms with Gasteiger partial charge in [-0.15, -0.1) is 0 Å². The van der Waals surface area contributed by atoms with Gasteiger partial charge in [-0.25, -0.2) is 0 Å². The second-order valence-corrected chi connectivity index (χ2v) is 4.11. The molecule has 0 unspecified atom stereocenters. The van der Waals surface area contributed by atoms with E-state index in [1.165, 1.54) is 0 Å². The molecule has 2 aromatic carbocycles. The van der Waals surface area contributed by atoms with Crippen molar-refractivity contribution in [1.29, 1.82) is 0 Å². The van der Waals surface area contributed by atoms with Gasteiger partial charge in [0.2, 0.25) is 0 Å². The Morgan fingerprint density at radius 2 is 1.81 bits per heavy atom. The maximum Gasteiger partial charge on any atom is 0.150 e. The summed E-state index contributed by atoms with van der Waals surface area (Å²) in [6.07, 6.45) is 0.847. The minimum Gasteiger partial charge on any atom is -0.298 e. The predicted molar refractivity (Wildman–Crippen MR) is 67.0 cm³/mol. The van der Waals surface area contributed by atoms with Crippen molar-refractivity contribution in [1.82, 2.24) is 0 Å². The highest BCUT2D eigenvalue weighted by atomic mass is 35.5. The zero-order valence-corrected chi connectivity index (χ0v) is 9.66. The fraction of sp³-hybridized carbons (Fsp3) is 0.0714. The number of rotatable bonds is 2. The molecule has 80 valence electrons. The van der Waals surface area contributed by atoms with Gasteiger partial charge in [-0.05, 0) is 35.7 Å². The third kappa shape index (κ3) is 2.15. The second kappa shape index (κ2) is 4.50. The fourth-order valence-corrected chi connectivity index (χ4v) is 1.74. The monoisotopic (exact) mass is 230 g/mol. The molecular formula is C14H11ClO. The predicted octanol–water partition coefficient (Wildman–Crippen LogP) is 4.13. The van der Waals surface area contributed by atoms with Crippen LogP contribution in [0.2, 0.25) is 5.02 Å². The Morgan fingerprint density at radius 1 is 1.06 bits per heavy atom. The summed E-state index contributed by atoms with van der Waals surface area (Å²) in [5, 5.41) is 0.744. The van der Waals surface area contributed by atoms with Gasteiger partial charge in [0, 0.05) is 10.6 Å². The van der Waals surface area contributed by atoms with Crippen molar-refractivity contribution in [3.8, 4) is 11.1 Å². The third-order valence-electron chi connectivity index (χ3n) is 2.53. The first-order chi connectivity index (χ1) is 7.70. The van der Waals surface area contributed by atoms with Crippen LogP contribution in [0.15, 0.2) is 42.5 Å². The molecular weight excluding hydrogens is 220 g/mol. The Bertz CT molecular complexity index is 532. The molecule has 0 bridgehead atoms. The molecule has 0 heterocycles. The molecule has 2 rings (SSSR count). The van der Waals surface area contributed by atoms with Crippen molar-refractivity contribution >= 4 is 17.9 Å². The molecule has 1 nitrogen and oxygen atoms in total. The zero-order valence-electron chi connectivity index (χ0n) is 8.91. The Balaban J connectivity index is 2.49. The van der Waals surface area contributed by atoms with Crippen LogP contribution in [-0.4, -0.2) is 6.29 Å². The molecule has 0 saturated heterocycles. The van der Waals surface area contributed by atoms with Crippen LogP contribution in [-0.2, 0) is 0 Å². The topological polar surface area (TPSA) is 17.1 Å². The molecule has 0 amide bonds. The van der Waals surface area contributed by atoms with Crippen molar-refractivity contribution in [2.45, 2.75) is 6.92 Å². The number of aldehydes is 1. The lowest BCUT2D eigenvalue weighted by Crippen LogP contribution is -1.83. The number of benzene rings is 2. The van der Waals surface area contributed by atoms with Gasteiger partial charge in [0.1, 0.15) is 6.29 Å². The highest BCUT2D eigenvalue weighted by molar-refractivity contribution is 6.31. The molecule has 0 aliphatic rings. The zero-order chi connectivity index (χ0) is 11.5. The van der Waals surface area contributed by atoms with Gasteiger partial charge < -0.3 is 0 Å². The first kappa shape index (κ1) is 10.9. The number of halogens is 1. The van der Waals surface area contributed by atoms with E-state index in [0.717, 1.165) is 28.0 Å². The van der Waals surface area contributed by atoms with E-state index in [9.17, 15) is 4.79 Å². The fourth-order valence-electron chi connectivity index (χ4n) is 1.56. The summed E-state index contributed by atoms with van der Waals surface area (Å²) >= 11 is 6.07. The molecule has 0 aromatic heterocycles. The molecule has 2 aromatic rings. The lowest BCUT2D eigenvalue weighted by atomic mass is 10.0. The maximum atomic E-state index is 10.7. The summed E-state index contributed by atoms with van der Waals surface area (Å²) < 4.78 is 0. The molecule has 0 aliphatic carbocycles. The normalized spacial score (nSPS) is 10.1. The van der Waals surface area contributed by atoms with Gasteiger partial charge in [0.15, 0.2) is 0 Å². The van der Waals surface area contributed by atoms with E-state index >= 15 is 0 Å². The smallest absolute Gasteiger partial charge is 0.150 e. The van der Waals surface area contributed by atoms with E-state index in [-0.39, 0.29) is 0 Å². The lowest BCUT2D eigenvalue weighted by Gasteiger charge is -2.04. The maximum absolute atomic E-state index is 10.7. The SMILES string of the molecule is Cc1ccc(-c2cccc(C=O)c2)cc1Cl. The van der Waals surface area contributed by atoms with Crippen LogP contribution in [0.5, 0.6) is 0 Å². The molecule has 16 heavy (non-hydrogen) atoms. The number of carbonyl (C=O) groups excluding carboxylic acids is 1. The van der Waals surface area contributed by atoms with Crippen molar-refractivity contribution in [2.24, 2.45) is 0 Å². The summed E-state index contributed by atoms with van der Waals surface area (Å²) in [5.41, 5.74) is 3.76. The molecule has 0 spiro atoms. The average Bonchev–Trinajstić information content (AvgIpc) is 2.33. The van der Waals surface area contributed by atoms with Crippen molar-refractivity contribution in [3.63, 3.8) is 0 Å². The Hall–Kier alpha value is -1.60. The van der Waals surface area contributed by atoms with Gasteiger partial charge >= 0.3 is 0 Å². The number of carbonyl (C=O) groups is 1. The standard InChI is InChI=1S/C14H11ClO/c1-10-5-6-13(8-14(10)15)12-4-2-3-11(7-12)9-16/h2-9H,1H3. The molecule has 2 heteroatoms. The van der Waals surface area contributed by atoms with Crippen LogP contribution in [0.25, 0.3) is 11.1 Å². The van der Waals surface area contributed by atoms with Crippen LogP contribution in [0.4, 0.5) is 0 Å². The van der Waals surface area contributed by atoms with Gasteiger partial charge in [0.05, 0.1) is 0 Å². The van der Waals surface area contributed by atoms with E-state index in [4.69, 9.17) is 11.6 Å². The Morgan fingerprint density at radius 3 is 2.50 bits per heavy atom. The summed E-state index contributed by atoms with van der Waals surface area (Å²) in [4.78, 5) is 10.7. The molecule has 0 atom stereocenters. The number of hydrogen-bond acceptors (Lipinski definition) is 1. The van der Waals surface area contributed by atoms with Gasteiger partial charge in [0.25, 0.3) is 0 Å². The summed E-state index contributed by atoms with van der Waals surface area (Å²) in [7, 11) is 0. The largest absolute Gasteiger partial charge is 0.298 e. The minimum absolute atomic E-state index is 0.675. The second-order valence-electron chi connectivity index (χ2n) is 3.71. The van der Waals surface area contributed by atoms with E-state index in [1.807, 2.05) is 43.3 Å². The van der Waals surface area contributed by atoms with E-state index in [0.29, 0.717) is 5.56 Å². The third-order valence-corrected chi connectivity index (χ3v) is 2.94. The van der Waals surface area contributed by atoms with Gasteiger partial charge in [-0.3, -0.25) is 4.79 Å². The summed E-state index contributed by atoms with van der Waals surface area (Å²) in [5.74, 6) is 0. The molecule has 0 radical (unpaired) electrons. The highest BCUT2D eigenvalue weighted by Gasteiger charge is 2.01.